The van der Waals surface area contributed by atoms with E-state index in [1.807, 2.05) is 0 Å². The Morgan fingerprint density at radius 1 is 1.33 bits per heavy atom. The van der Waals surface area contributed by atoms with Gasteiger partial charge in [0.25, 0.3) is 0 Å². The van der Waals surface area contributed by atoms with E-state index in [0.29, 0.717) is 0 Å². The molecule has 0 bridgehead atoms. The Bertz CT molecular complexity index is 169. The van der Waals surface area contributed by atoms with Crippen molar-refractivity contribution < 1.29 is 4.79 Å². The molecule has 4 heteroatoms. The standard InChI is InChI=1S/C11H25N3O/c1-4-7-10(11(12)15)13-8-9-14(5-2)6-3/h10,13H,4-9H2,1-3H3,(H2,12,15). The van der Waals surface area contributed by atoms with E-state index < -0.39 is 0 Å². The summed E-state index contributed by atoms with van der Waals surface area (Å²) in [5, 5.41) is 3.20. The second-order valence-electron chi connectivity index (χ2n) is 3.72. The first-order chi connectivity index (χ1) is 7.15. The van der Waals surface area contributed by atoms with E-state index in [9.17, 15) is 4.79 Å². The van der Waals surface area contributed by atoms with E-state index in [1.165, 1.54) is 0 Å². The van der Waals surface area contributed by atoms with Crippen molar-refractivity contribution in [1.82, 2.24) is 10.2 Å². The van der Waals surface area contributed by atoms with Crippen LogP contribution in [0.15, 0.2) is 0 Å². The molecule has 3 N–H and O–H groups in total. The Kier molecular flexibility index (Phi) is 8.33. The molecule has 0 aliphatic heterocycles. The van der Waals surface area contributed by atoms with Crippen LogP contribution in [0.4, 0.5) is 0 Å². The highest BCUT2D eigenvalue weighted by molar-refractivity contribution is 5.79. The maximum absolute atomic E-state index is 11.1. The Morgan fingerprint density at radius 2 is 1.93 bits per heavy atom. The zero-order valence-electron chi connectivity index (χ0n) is 10.3. The van der Waals surface area contributed by atoms with Crippen LogP contribution >= 0.6 is 0 Å². The Labute approximate surface area is 93.2 Å². The van der Waals surface area contributed by atoms with Crippen molar-refractivity contribution in [3.63, 3.8) is 0 Å². The van der Waals surface area contributed by atoms with E-state index >= 15 is 0 Å². The lowest BCUT2D eigenvalue weighted by Crippen LogP contribution is -2.44. The number of nitrogens with two attached hydrogens (primary N) is 1. The predicted molar refractivity (Wildman–Crippen MR) is 63.7 cm³/mol. The molecule has 90 valence electrons. The highest BCUT2D eigenvalue weighted by atomic mass is 16.1. The van der Waals surface area contributed by atoms with Gasteiger partial charge in [-0.25, -0.2) is 0 Å². The van der Waals surface area contributed by atoms with Crippen LogP contribution in [0.5, 0.6) is 0 Å². The van der Waals surface area contributed by atoms with Crippen LogP contribution in [0, 0.1) is 0 Å². The lowest BCUT2D eigenvalue weighted by molar-refractivity contribution is -0.120. The van der Waals surface area contributed by atoms with Crippen LogP contribution in [0.2, 0.25) is 0 Å². The molecule has 0 rings (SSSR count). The minimum Gasteiger partial charge on any atom is -0.368 e. The van der Waals surface area contributed by atoms with Crippen molar-refractivity contribution in [1.29, 1.82) is 0 Å². The summed E-state index contributed by atoms with van der Waals surface area (Å²) in [7, 11) is 0. The first-order valence-electron chi connectivity index (χ1n) is 5.90. The summed E-state index contributed by atoms with van der Waals surface area (Å²) in [5.74, 6) is -0.239. The first-order valence-corrected chi connectivity index (χ1v) is 5.90. The van der Waals surface area contributed by atoms with Crippen LogP contribution in [-0.2, 0) is 4.79 Å². The molecule has 0 aromatic heterocycles. The topological polar surface area (TPSA) is 58.4 Å². The molecule has 0 spiro atoms. The molecule has 4 nitrogen and oxygen atoms in total. The van der Waals surface area contributed by atoms with Crippen molar-refractivity contribution in [2.45, 2.75) is 39.7 Å². The summed E-state index contributed by atoms with van der Waals surface area (Å²) in [6.45, 7) is 10.2. The maximum atomic E-state index is 11.1. The Hall–Kier alpha value is -0.610. The second-order valence-corrected chi connectivity index (χ2v) is 3.72. The van der Waals surface area contributed by atoms with Crippen molar-refractivity contribution in [2.75, 3.05) is 26.2 Å². The average molecular weight is 215 g/mol. The van der Waals surface area contributed by atoms with Crippen molar-refractivity contribution in [3.8, 4) is 0 Å². The highest BCUT2D eigenvalue weighted by Gasteiger charge is 2.12. The van der Waals surface area contributed by atoms with Gasteiger partial charge in [0.15, 0.2) is 0 Å². The van der Waals surface area contributed by atoms with Gasteiger partial charge < -0.3 is 16.0 Å². The third-order valence-electron chi connectivity index (χ3n) is 2.63. The molecule has 0 radical (unpaired) electrons. The van der Waals surface area contributed by atoms with Gasteiger partial charge in [-0.2, -0.15) is 0 Å². The summed E-state index contributed by atoms with van der Waals surface area (Å²) >= 11 is 0. The van der Waals surface area contributed by atoms with Crippen LogP contribution in [0.25, 0.3) is 0 Å². The third-order valence-corrected chi connectivity index (χ3v) is 2.63. The molecule has 1 amide bonds. The molecule has 0 saturated heterocycles. The van der Waals surface area contributed by atoms with E-state index in [0.717, 1.165) is 39.0 Å². The number of amides is 1. The molecular formula is C11H25N3O. The van der Waals surface area contributed by atoms with Gasteiger partial charge in [0, 0.05) is 13.1 Å². The summed E-state index contributed by atoms with van der Waals surface area (Å²) < 4.78 is 0. The average Bonchev–Trinajstić information content (AvgIpc) is 2.22. The van der Waals surface area contributed by atoms with E-state index in [-0.39, 0.29) is 11.9 Å². The molecule has 0 aromatic rings. The van der Waals surface area contributed by atoms with Gasteiger partial charge >= 0.3 is 0 Å². The van der Waals surface area contributed by atoms with E-state index in [4.69, 9.17) is 5.73 Å². The zero-order chi connectivity index (χ0) is 11.7. The molecule has 0 fully saturated rings. The van der Waals surface area contributed by atoms with Gasteiger partial charge in [0.05, 0.1) is 6.04 Å². The van der Waals surface area contributed by atoms with E-state index in [2.05, 4.69) is 31.0 Å². The van der Waals surface area contributed by atoms with Gasteiger partial charge in [0.2, 0.25) is 5.91 Å². The maximum Gasteiger partial charge on any atom is 0.234 e. The van der Waals surface area contributed by atoms with Gasteiger partial charge in [-0.1, -0.05) is 27.2 Å². The fraction of sp³-hybridized carbons (Fsp3) is 0.909. The number of primary amides is 1. The predicted octanol–water partition coefficient (Wildman–Crippen LogP) is 0.572. The SMILES string of the molecule is CCCC(NCCN(CC)CC)C(N)=O. The molecule has 0 aliphatic carbocycles. The minimum absolute atomic E-state index is 0.162. The first kappa shape index (κ1) is 14.4. The monoisotopic (exact) mass is 215 g/mol. The molecular weight excluding hydrogens is 190 g/mol. The number of hydrogen-bond donors (Lipinski definition) is 2. The fourth-order valence-electron chi connectivity index (χ4n) is 1.57. The minimum atomic E-state index is -0.239. The van der Waals surface area contributed by atoms with Crippen molar-refractivity contribution in [2.24, 2.45) is 5.73 Å². The zero-order valence-corrected chi connectivity index (χ0v) is 10.3. The van der Waals surface area contributed by atoms with Crippen molar-refractivity contribution >= 4 is 5.91 Å². The molecule has 1 unspecified atom stereocenters. The van der Waals surface area contributed by atoms with Gasteiger partial charge in [0.1, 0.15) is 0 Å². The van der Waals surface area contributed by atoms with Gasteiger partial charge in [-0.15, -0.1) is 0 Å². The molecule has 1 atom stereocenters. The number of nitrogens with zero attached hydrogens (tertiary/aromatic N) is 1. The van der Waals surface area contributed by atoms with Crippen molar-refractivity contribution in [3.05, 3.63) is 0 Å². The number of rotatable bonds is 9. The molecule has 0 saturated carbocycles. The summed E-state index contributed by atoms with van der Waals surface area (Å²) in [6, 6.07) is -0.162. The fourth-order valence-corrected chi connectivity index (χ4v) is 1.57. The van der Waals surface area contributed by atoms with Gasteiger partial charge in [-0.3, -0.25) is 4.79 Å². The normalized spacial score (nSPS) is 13.1. The Balaban J connectivity index is 3.74. The quantitative estimate of drug-likeness (QED) is 0.591. The number of nitrogens with one attached hydrogen (secondary N) is 1. The van der Waals surface area contributed by atoms with E-state index in [1.54, 1.807) is 0 Å². The van der Waals surface area contributed by atoms with Crippen LogP contribution in [0.3, 0.4) is 0 Å². The Morgan fingerprint density at radius 3 is 2.33 bits per heavy atom. The lowest BCUT2D eigenvalue weighted by Gasteiger charge is -2.20. The number of carbonyl (C=O) groups excluding carboxylic acids is 1. The summed E-state index contributed by atoms with van der Waals surface area (Å²) in [6.07, 6.45) is 1.81. The van der Waals surface area contributed by atoms with Crippen LogP contribution < -0.4 is 11.1 Å². The number of hydrogen-bond acceptors (Lipinski definition) is 3. The smallest absolute Gasteiger partial charge is 0.234 e. The van der Waals surface area contributed by atoms with Crippen LogP contribution in [-0.4, -0.2) is 43.0 Å². The largest absolute Gasteiger partial charge is 0.368 e. The number of carbonyl (C=O) groups is 1. The molecule has 0 aromatic carbocycles. The molecule has 0 heterocycles. The highest BCUT2D eigenvalue weighted by Crippen LogP contribution is 1.95. The third kappa shape index (κ3) is 6.47. The summed E-state index contributed by atoms with van der Waals surface area (Å²) in [5.41, 5.74) is 5.29. The van der Waals surface area contributed by atoms with Gasteiger partial charge in [-0.05, 0) is 19.5 Å². The lowest BCUT2D eigenvalue weighted by atomic mass is 10.1. The van der Waals surface area contributed by atoms with Crippen LogP contribution in [0.1, 0.15) is 33.6 Å². The molecule has 0 aliphatic rings. The molecule has 15 heavy (non-hydrogen) atoms. The summed E-state index contributed by atoms with van der Waals surface area (Å²) in [4.78, 5) is 13.4. The number of likely N-dealkylation sites (N-methyl/N-ethyl adjacent to an activating group) is 1. The second kappa shape index (κ2) is 8.68.